The van der Waals surface area contributed by atoms with E-state index in [0.717, 1.165) is 18.2 Å². The van der Waals surface area contributed by atoms with Crippen molar-refractivity contribution in [2.24, 2.45) is 0 Å². The molecule has 0 fully saturated rings. The molecule has 0 radical (unpaired) electrons. The zero-order valence-electron chi connectivity index (χ0n) is 11.1. The van der Waals surface area contributed by atoms with Gasteiger partial charge in [-0.05, 0) is 42.9 Å². The Morgan fingerprint density at radius 3 is 2.48 bits per heavy atom. The molecule has 2 aromatic rings. The van der Waals surface area contributed by atoms with Gasteiger partial charge in [0.05, 0.1) is 6.04 Å². The molecule has 0 aliphatic rings. The molecule has 0 saturated heterocycles. The molecule has 0 heterocycles. The van der Waals surface area contributed by atoms with Crippen molar-refractivity contribution in [3.8, 4) is 5.75 Å². The average molecular weight is 299 g/mol. The van der Waals surface area contributed by atoms with Crippen molar-refractivity contribution in [3.05, 3.63) is 65.2 Å². The highest BCUT2D eigenvalue weighted by Crippen LogP contribution is 2.27. The quantitative estimate of drug-likeness (QED) is 0.846. The molecule has 1 unspecified atom stereocenters. The van der Waals surface area contributed by atoms with Crippen molar-refractivity contribution in [2.45, 2.75) is 12.7 Å². The summed E-state index contributed by atoms with van der Waals surface area (Å²) >= 11 is 0. The molecule has 6 heteroatoms. The maximum atomic E-state index is 13.8. The number of ether oxygens (including phenoxy) is 1. The minimum absolute atomic E-state index is 0.0421. The van der Waals surface area contributed by atoms with Gasteiger partial charge in [-0.3, -0.25) is 0 Å². The van der Waals surface area contributed by atoms with Gasteiger partial charge in [0, 0.05) is 5.56 Å². The third kappa shape index (κ3) is 3.72. The van der Waals surface area contributed by atoms with Gasteiger partial charge in [-0.1, -0.05) is 12.1 Å². The van der Waals surface area contributed by atoms with Crippen LogP contribution in [0.5, 0.6) is 5.75 Å². The van der Waals surface area contributed by atoms with Crippen LogP contribution in [0, 0.1) is 11.6 Å². The van der Waals surface area contributed by atoms with Gasteiger partial charge in [-0.2, -0.15) is 8.78 Å². The van der Waals surface area contributed by atoms with Crippen LogP contribution >= 0.6 is 0 Å². The summed E-state index contributed by atoms with van der Waals surface area (Å²) in [7, 11) is 1.57. The Hall–Kier alpha value is -2.08. The second-order valence-corrected chi connectivity index (χ2v) is 4.34. The lowest BCUT2D eigenvalue weighted by Crippen LogP contribution is -2.19. The summed E-state index contributed by atoms with van der Waals surface area (Å²) < 4.78 is 55.9. The van der Waals surface area contributed by atoms with Crippen LogP contribution in [0.2, 0.25) is 0 Å². The van der Waals surface area contributed by atoms with Gasteiger partial charge in [-0.15, -0.1) is 0 Å². The lowest BCUT2D eigenvalue weighted by atomic mass is 9.98. The number of alkyl halides is 2. The maximum Gasteiger partial charge on any atom is 0.387 e. The molecule has 2 nitrogen and oxygen atoms in total. The van der Waals surface area contributed by atoms with Crippen molar-refractivity contribution in [1.29, 1.82) is 0 Å². The van der Waals surface area contributed by atoms with E-state index in [1.54, 1.807) is 13.1 Å². The molecule has 2 rings (SSSR count). The van der Waals surface area contributed by atoms with Gasteiger partial charge in [-0.25, -0.2) is 8.78 Å². The van der Waals surface area contributed by atoms with Crippen LogP contribution in [0.25, 0.3) is 0 Å². The summed E-state index contributed by atoms with van der Waals surface area (Å²) in [6.45, 7) is -2.95. The SMILES string of the molecule is CNC(c1cccc(OC(F)F)c1)c1cc(F)ccc1F. The molecule has 0 saturated carbocycles. The predicted octanol–water partition coefficient (Wildman–Crippen LogP) is 3.88. The highest BCUT2D eigenvalue weighted by atomic mass is 19.3. The smallest absolute Gasteiger partial charge is 0.387 e. The number of halogens is 4. The van der Waals surface area contributed by atoms with Crippen LogP contribution in [0.15, 0.2) is 42.5 Å². The molecule has 1 N–H and O–H groups in total. The lowest BCUT2D eigenvalue weighted by molar-refractivity contribution is -0.0498. The summed E-state index contributed by atoms with van der Waals surface area (Å²) in [5, 5.41) is 2.83. The fourth-order valence-electron chi connectivity index (χ4n) is 2.11. The highest BCUT2D eigenvalue weighted by Gasteiger charge is 2.18. The van der Waals surface area contributed by atoms with Crippen LogP contribution in [0.1, 0.15) is 17.2 Å². The third-order valence-electron chi connectivity index (χ3n) is 2.97. The number of benzene rings is 2. The van der Waals surface area contributed by atoms with Crippen LogP contribution in [-0.4, -0.2) is 13.7 Å². The molecule has 1 atom stereocenters. The third-order valence-corrected chi connectivity index (χ3v) is 2.97. The van der Waals surface area contributed by atoms with Crippen molar-refractivity contribution in [2.75, 3.05) is 7.05 Å². The summed E-state index contributed by atoms with van der Waals surface area (Å²) in [5.74, 6) is -1.21. The Balaban J connectivity index is 2.39. The minimum Gasteiger partial charge on any atom is -0.435 e. The largest absolute Gasteiger partial charge is 0.435 e. The van der Waals surface area contributed by atoms with E-state index in [-0.39, 0.29) is 11.3 Å². The standard InChI is InChI=1S/C15H13F4NO/c1-20-14(12-8-10(16)5-6-13(12)17)9-3-2-4-11(7-9)21-15(18)19/h2-8,14-15,20H,1H3. The first kappa shape index (κ1) is 15.3. The number of rotatable bonds is 5. The van der Waals surface area contributed by atoms with Gasteiger partial charge < -0.3 is 10.1 Å². The fraction of sp³-hybridized carbons (Fsp3) is 0.200. The summed E-state index contributed by atoms with van der Waals surface area (Å²) in [6.07, 6.45) is 0. The number of hydrogen-bond acceptors (Lipinski definition) is 2. The first-order chi connectivity index (χ1) is 10.0. The van der Waals surface area contributed by atoms with Crippen LogP contribution < -0.4 is 10.1 Å². The van der Waals surface area contributed by atoms with Crippen molar-refractivity contribution in [3.63, 3.8) is 0 Å². The average Bonchev–Trinajstić information content (AvgIpc) is 2.43. The van der Waals surface area contributed by atoms with E-state index < -0.39 is 24.3 Å². The van der Waals surface area contributed by atoms with E-state index in [0.29, 0.717) is 5.56 Å². The van der Waals surface area contributed by atoms with Crippen molar-refractivity contribution < 1.29 is 22.3 Å². The Labute approximate surface area is 119 Å². The first-order valence-electron chi connectivity index (χ1n) is 6.18. The van der Waals surface area contributed by atoms with Crippen LogP contribution in [0.3, 0.4) is 0 Å². The lowest BCUT2D eigenvalue weighted by Gasteiger charge is -2.19. The normalized spacial score (nSPS) is 12.5. The van der Waals surface area contributed by atoms with Gasteiger partial charge in [0.15, 0.2) is 0 Å². The molecular formula is C15H13F4NO. The Kier molecular flexibility index (Phi) is 4.80. The van der Waals surface area contributed by atoms with Gasteiger partial charge in [0.2, 0.25) is 0 Å². The molecule has 0 bridgehead atoms. The molecule has 0 aromatic heterocycles. The Morgan fingerprint density at radius 2 is 1.81 bits per heavy atom. The summed E-state index contributed by atoms with van der Waals surface area (Å²) in [5.41, 5.74) is 0.576. The molecule has 0 amide bonds. The molecule has 2 aromatic carbocycles. The second kappa shape index (κ2) is 6.58. The van der Waals surface area contributed by atoms with E-state index in [9.17, 15) is 17.6 Å². The van der Waals surface area contributed by atoms with E-state index in [2.05, 4.69) is 10.1 Å². The number of nitrogens with one attached hydrogen (secondary N) is 1. The Bertz CT molecular complexity index is 618. The minimum atomic E-state index is -2.95. The highest BCUT2D eigenvalue weighted by molar-refractivity contribution is 5.37. The zero-order chi connectivity index (χ0) is 15.4. The van der Waals surface area contributed by atoms with Crippen LogP contribution in [-0.2, 0) is 0 Å². The molecule has 21 heavy (non-hydrogen) atoms. The van der Waals surface area contributed by atoms with Gasteiger partial charge >= 0.3 is 6.61 Å². The maximum absolute atomic E-state index is 13.8. The molecule has 0 aliphatic carbocycles. The van der Waals surface area contributed by atoms with Crippen molar-refractivity contribution >= 4 is 0 Å². The summed E-state index contributed by atoms with van der Waals surface area (Å²) in [6, 6.07) is 8.27. The topological polar surface area (TPSA) is 21.3 Å². The van der Waals surface area contributed by atoms with E-state index in [4.69, 9.17) is 0 Å². The van der Waals surface area contributed by atoms with Crippen LogP contribution in [0.4, 0.5) is 17.6 Å². The Morgan fingerprint density at radius 1 is 1.05 bits per heavy atom. The number of hydrogen-bond donors (Lipinski definition) is 1. The zero-order valence-corrected chi connectivity index (χ0v) is 11.1. The van der Waals surface area contributed by atoms with E-state index in [1.165, 1.54) is 18.2 Å². The molecule has 112 valence electrons. The summed E-state index contributed by atoms with van der Waals surface area (Å²) in [4.78, 5) is 0. The molecular weight excluding hydrogens is 286 g/mol. The second-order valence-electron chi connectivity index (χ2n) is 4.34. The predicted molar refractivity (Wildman–Crippen MR) is 70.3 cm³/mol. The molecule has 0 spiro atoms. The van der Waals surface area contributed by atoms with Gasteiger partial charge in [0.1, 0.15) is 17.4 Å². The fourth-order valence-corrected chi connectivity index (χ4v) is 2.11. The monoisotopic (exact) mass is 299 g/mol. The first-order valence-corrected chi connectivity index (χ1v) is 6.18. The van der Waals surface area contributed by atoms with Gasteiger partial charge in [0.25, 0.3) is 0 Å². The van der Waals surface area contributed by atoms with E-state index in [1.807, 2.05) is 0 Å². The van der Waals surface area contributed by atoms with E-state index >= 15 is 0 Å². The van der Waals surface area contributed by atoms with Crippen molar-refractivity contribution in [1.82, 2.24) is 5.32 Å². The molecule has 0 aliphatic heterocycles.